The number of nitrogens with one attached hydrogen (secondary N) is 1. The molecule has 0 bridgehead atoms. The normalized spacial score (nSPS) is 32.2. The van der Waals surface area contributed by atoms with Gasteiger partial charge in [-0.1, -0.05) is 0 Å². The van der Waals surface area contributed by atoms with E-state index in [0.717, 1.165) is 24.2 Å². The molecule has 0 aliphatic carbocycles. The second-order valence-corrected chi connectivity index (χ2v) is 9.67. The van der Waals surface area contributed by atoms with Crippen LogP contribution in [0.4, 0.5) is 5.69 Å². The summed E-state index contributed by atoms with van der Waals surface area (Å²) in [6.45, 7) is 11.1. The molecule has 2 fully saturated rings. The van der Waals surface area contributed by atoms with Gasteiger partial charge in [-0.25, -0.2) is 4.79 Å². The minimum atomic E-state index is -1.32. The number of hydrogen-bond donors (Lipinski definition) is 3. The lowest BCUT2D eigenvalue weighted by molar-refractivity contribution is -0.306. The Labute approximate surface area is 193 Å². The van der Waals surface area contributed by atoms with Gasteiger partial charge in [-0.15, -0.1) is 0 Å². The van der Waals surface area contributed by atoms with Crippen molar-refractivity contribution < 1.29 is 28.8 Å². The number of methoxy groups -OCH3 is 1. The molecule has 3 heterocycles. The summed E-state index contributed by atoms with van der Waals surface area (Å²) in [5.74, 6) is 0.396. The molecule has 4 rings (SSSR count). The van der Waals surface area contributed by atoms with Crippen molar-refractivity contribution in [1.82, 2.24) is 5.32 Å². The van der Waals surface area contributed by atoms with E-state index in [-0.39, 0.29) is 6.04 Å². The number of aliphatic hydroxyl groups is 2. The third-order valence-electron chi connectivity index (χ3n) is 6.70. The molecule has 2 aliphatic heterocycles. The number of ether oxygens (including phenoxy) is 3. The van der Waals surface area contributed by atoms with Gasteiger partial charge < -0.3 is 39.1 Å². The molecule has 0 saturated carbocycles. The Hall–Kier alpha value is -2.17. The summed E-state index contributed by atoms with van der Waals surface area (Å²) in [4.78, 5) is 14.7. The first-order chi connectivity index (χ1) is 15.5. The standard InChI is InChI=1S/C24H34N2O7/c1-12-11-26(13(2)10-25-12)16-9-18(27)32-21-14(3)17(8-7-15(16)21)31-23-20(29)19(28)22(30-6)24(4,5)33-23/h7-9,12-13,19-20,22-23,25,28-29H,10-11H2,1-6H3/t12-,13+,19+,20-,22-,23-/m1/s1. The molecular weight excluding hydrogens is 428 g/mol. The van der Waals surface area contributed by atoms with Gasteiger partial charge in [-0.2, -0.15) is 0 Å². The molecule has 1 aromatic carbocycles. The molecule has 2 aromatic rings. The number of rotatable bonds is 4. The lowest BCUT2D eigenvalue weighted by Crippen LogP contribution is -2.63. The van der Waals surface area contributed by atoms with Crippen LogP contribution in [0.15, 0.2) is 27.4 Å². The van der Waals surface area contributed by atoms with Crippen molar-refractivity contribution in [3.8, 4) is 5.75 Å². The van der Waals surface area contributed by atoms with Crippen LogP contribution in [0.5, 0.6) is 5.75 Å². The summed E-state index contributed by atoms with van der Waals surface area (Å²) in [7, 11) is 1.46. The highest BCUT2D eigenvalue weighted by Crippen LogP contribution is 2.37. The van der Waals surface area contributed by atoms with Crippen molar-refractivity contribution >= 4 is 16.7 Å². The Morgan fingerprint density at radius 2 is 1.94 bits per heavy atom. The van der Waals surface area contributed by atoms with E-state index in [4.69, 9.17) is 18.6 Å². The van der Waals surface area contributed by atoms with Gasteiger partial charge in [0.2, 0.25) is 6.29 Å². The lowest BCUT2D eigenvalue weighted by Gasteiger charge is -2.46. The Kier molecular flexibility index (Phi) is 6.45. The van der Waals surface area contributed by atoms with E-state index < -0.39 is 35.8 Å². The molecule has 0 radical (unpaired) electrons. The van der Waals surface area contributed by atoms with E-state index in [1.165, 1.54) is 13.2 Å². The third kappa shape index (κ3) is 4.36. The number of aryl methyl sites for hydroxylation is 1. The quantitative estimate of drug-likeness (QED) is 0.582. The van der Waals surface area contributed by atoms with Crippen LogP contribution in [0.1, 0.15) is 33.3 Å². The van der Waals surface area contributed by atoms with E-state index in [2.05, 4.69) is 24.1 Å². The Morgan fingerprint density at radius 3 is 2.64 bits per heavy atom. The second-order valence-electron chi connectivity index (χ2n) is 9.67. The maximum absolute atomic E-state index is 12.5. The second kappa shape index (κ2) is 8.88. The SMILES string of the molecule is CO[C@@H]1[C@@H](O)[C@@H](O)[C@H](Oc2ccc3c(N4C[C@@H](C)NC[C@@H]4C)cc(=O)oc3c2C)OC1(C)C. The number of piperazine rings is 1. The molecule has 1 aromatic heterocycles. The minimum absolute atomic E-state index is 0.214. The summed E-state index contributed by atoms with van der Waals surface area (Å²) in [6.07, 6.45) is -4.35. The van der Waals surface area contributed by atoms with Crippen molar-refractivity contribution in [3.05, 3.63) is 34.2 Å². The highest BCUT2D eigenvalue weighted by atomic mass is 16.7. The van der Waals surface area contributed by atoms with Gasteiger partial charge in [-0.05, 0) is 46.8 Å². The minimum Gasteiger partial charge on any atom is -0.462 e. The van der Waals surface area contributed by atoms with Gasteiger partial charge >= 0.3 is 5.63 Å². The van der Waals surface area contributed by atoms with E-state index in [0.29, 0.717) is 22.9 Å². The van der Waals surface area contributed by atoms with Gasteiger partial charge in [0, 0.05) is 49.3 Å². The van der Waals surface area contributed by atoms with Crippen molar-refractivity contribution in [1.29, 1.82) is 0 Å². The topological polar surface area (TPSA) is 114 Å². The van der Waals surface area contributed by atoms with E-state index in [1.54, 1.807) is 26.8 Å². The van der Waals surface area contributed by atoms with Crippen molar-refractivity contribution in [2.45, 2.75) is 76.9 Å². The molecule has 0 spiro atoms. The van der Waals surface area contributed by atoms with Crippen LogP contribution in [0.25, 0.3) is 11.0 Å². The van der Waals surface area contributed by atoms with Crippen LogP contribution in [-0.2, 0) is 9.47 Å². The van der Waals surface area contributed by atoms with Gasteiger partial charge in [0.25, 0.3) is 0 Å². The maximum atomic E-state index is 12.5. The molecule has 0 unspecified atom stereocenters. The van der Waals surface area contributed by atoms with Crippen LogP contribution in [0, 0.1) is 6.92 Å². The Balaban J connectivity index is 1.70. The Bertz CT molecular complexity index is 1070. The first kappa shape index (κ1) is 24.0. The monoisotopic (exact) mass is 462 g/mol. The molecule has 2 aliphatic rings. The third-order valence-corrected chi connectivity index (χ3v) is 6.70. The maximum Gasteiger partial charge on any atom is 0.338 e. The van der Waals surface area contributed by atoms with Gasteiger partial charge in [-0.3, -0.25) is 0 Å². The highest BCUT2D eigenvalue weighted by Gasteiger charge is 2.50. The predicted molar refractivity (Wildman–Crippen MR) is 124 cm³/mol. The van der Waals surface area contributed by atoms with Crippen LogP contribution < -0.4 is 20.6 Å². The van der Waals surface area contributed by atoms with Crippen LogP contribution in [0.2, 0.25) is 0 Å². The smallest absolute Gasteiger partial charge is 0.338 e. The zero-order valence-corrected chi connectivity index (χ0v) is 20.0. The molecule has 6 atom stereocenters. The molecular formula is C24H34N2O7. The average Bonchev–Trinajstić information content (AvgIpc) is 2.75. The predicted octanol–water partition coefficient (Wildman–Crippen LogP) is 1.54. The van der Waals surface area contributed by atoms with Gasteiger partial charge in [0.15, 0.2) is 0 Å². The average molecular weight is 463 g/mol. The highest BCUT2D eigenvalue weighted by molar-refractivity contribution is 5.93. The molecule has 9 nitrogen and oxygen atoms in total. The van der Waals surface area contributed by atoms with Crippen molar-refractivity contribution in [3.63, 3.8) is 0 Å². The summed E-state index contributed by atoms with van der Waals surface area (Å²) < 4.78 is 22.8. The van der Waals surface area contributed by atoms with Crippen molar-refractivity contribution in [2.75, 3.05) is 25.1 Å². The summed E-state index contributed by atoms with van der Waals surface area (Å²) >= 11 is 0. The zero-order chi connectivity index (χ0) is 24.1. The first-order valence-electron chi connectivity index (χ1n) is 11.3. The number of benzene rings is 1. The molecule has 0 amide bonds. The fourth-order valence-corrected chi connectivity index (χ4v) is 4.88. The largest absolute Gasteiger partial charge is 0.462 e. The number of nitrogens with zero attached hydrogens (tertiary/aromatic N) is 1. The molecule has 2 saturated heterocycles. The summed E-state index contributed by atoms with van der Waals surface area (Å²) in [5, 5.41) is 25.4. The van der Waals surface area contributed by atoms with E-state index >= 15 is 0 Å². The lowest BCUT2D eigenvalue weighted by atomic mass is 9.89. The molecule has 33 heavy (non-hydrogen) atoms. The van der Waals surface area contributed by atoms with Gasteiger partial charge in [0.1, 0.15) is 29.6 Å². The van der Waals surface area contributed by atoms with Crippen LogP contribution in [-0.4, -0.2) is 72.7 Å². The number of anilines is 1. The van der Waals surface area contributed by atoms with E-state index in [1.807, 2.05) is 6.07 Å². The fourth-order valence-electron chi connectivity index (χ4n) is 4.88. The first-order valence-corrected chi connectivity index (χ1v) is 11.3. The number of hydrogen-bond acceptors (Lipinski definition) is 9. The van der Waals surface area contributed by atoms with Crippen molar-refractivity contribution in [2.24, 2.45) is 0 Å². The number of fused-ring (bicyclic) bond motifs is 1. The zero-order valence-electron chi connectivity index (χ0n) is 20.0. The molecule has 182 valence electrons. The molecule has 9 heteroatoms. The van der Waals surface area contributed by atoms with E-state index in [9.17, 15) is 15.0 Å². The number of aliphatic hydroxyl groups excluding tert-OH is 2. The van der Waals surface area contributed by atoms with Gasteiger partial charge in [0.05, 0.1) is 11.3 Å². The summed E-state index contributed by atoms with van der Waals surface area (Å²) in [6, 6.07) is 5.67. The Morgan fingerprint density at radius 1 is 1.21 bits per heavy atom. The fraction of sp³-hybridized carbons (Fsp3) is 0.625. The summed E-state index contributed by atoms with van der Waals surface area (Å²) in [5.41, 5.74) is 0.528. The van der Waals surface area contributed by atoms with Crippen LogP contribution in [0.3, 0.4) is 0 Å². The molecule has 3 N–H and O–H groups in total. The van der Waals surface area contributed by atoms with Crippen LogP contribution >= 0.6 is 0 Å².